The summed E-state index contributed by atoms with van der Waals surface area (Å²) in [7, 11) is 1.09. The van der Waals surface area contributed by atoms with Crippen LogP contribution in [-0.4, -0.2) is 12.9 Å². The molecule has 116 valence electrons. The molecular weight excluding hydrogens is 319 g/mol. The molecule has 3 nitrogen and oxygen atoms in total. The number of hydrogen-bond acceptors (Lipinski definition) is 3. The molecule has 0 atom stereocenters. The van der Waals surface area contributed by atoms with Crippen molar-refractivity contribution in [2.75, 3.05) is 12.8 Å². The van der Waals surface area contributed by atoms with Crippen molar-refractivity contribution in [3.05, 3.63) is 58.1 Å². The minimum atomic E-state index is -4.63. The summed E-state index contributed by atoms with van der Waals surface area (Å²) in [4.78, 5) is 12.4. The molecule has 0 heterocycles. The van der Waals surface area contributed by atoms with Crippen LogP contribution >= 0.6 is 11.6 Å². The molecule has 0 radical (unpaired) electrons. The Morgan fingerprint density at radius 3 is 2.36 bits per heavy atom. The molecule has 0 aromatic heterocycles. The molecule has 7 heteroatoms. The zero-order chi connectivity index (χ0) is 16.5. The van der Waals surface area contributed by atoms with E-state index < -0.39 is 23.3 Å². The molecule has 0 amide bonds. The Labute approximate surface area is 129 Å². The molecule has 22 heavy (non-hydrogen) atoms. The highest BCUT2D eigenvalue weighted by Crippen LogP contribution is 2.39. The number of halogens is 4. The van der Waals surface area contributed by atoms with Gasteiger partial charge >= 0.3 is 6.18 Å². The van der Waals surface area contributed by atoms with Crippen molar-refractivity contribution in [3.63, 3.8) is 0 Å². The monoisotopic (exact) mass is 329 g/mol. The average Bonchev–Trinajstić information content (AvgIpc) is 2.46. The fourth-order valence-electron chi connectivity index (χ4n) is 1.97. The van der Waals surface area contributed by atoms with Crippen LogP contribution in [0.2, 0.25) is 5.02 Å². The van der Waals surface area contributed by atoms with Gasteiger partial charge in [-0.25, -0.2) is 0 Å². The summed E-state index contributed by atoms with van der Waals surface area (Å²) in [6, 6.07) is 7.86. The summed E-state index contributed by atoms with van der Waals surface area (Å²) in [6.07, 6.45) is -4.63. The minimum absolute atomic E-state index is 0.0991. The summed E-state index contributed by atoms with van der Waals surface area (Å²) in [6.45, 7) is 0. The molecule has 0 aliphatic heterocycles. The van der Waals surface area contributed by atoms with Crippen LogP contribution in [0.3, 0.4) is 0 Å². The summed E-state index contributed by atoms with van der Waals surface area (Å²) in [5.41, 5.74) is 4.33. The van der Waals surface area contributed by atoms with Gasteiger partial charge in [-0.2, -0.15) is 13.2 Å². The van der Waals surface area contributed by atoms with Crippen LogP contribution in [0.5, 0.6) is 5.75 Å². The summed E-state index contributed by atoms with van der Waals surface area (Å²) in [5, 5.41) is 0.186. The van der Waals surface area contributed by atoms with Gasteiger partial charge in [0, 0.05) is 16.8 Å². The van der Waals surface area contributed by atoms with E-state index in [0.717, 1.165) is 13.2 Å². The number of ether oxygens (including phenoxy) is 1. The van der Waals surface area contributed by atoms with Crippen LogP contribution < -0.4 is 10.5 Å². The van der Waals surface area contributed by atoms with Crippen molar-refractivity contribution in [3.8, 4) is 5.75 Å². The lowest BCUT2D eigenvalue weighted by molar-refractivity contribution is -0.138. The molecule has 0 aliphatic rings. The number of rotatable bonds is 3. The highest BCUT2D eigenvalue weighted by Gasteiger charge is 2.35. The van der Waals surface area contributed by atoms with Crippen LogP contribution in [-0.2, 0) is 6.18 Å². The van der Waals surface area contributed by atoms with Crippen LogP contribution in [0.25, 0.3) is 0 Å². The third kappa shape index (κ3) is 3.01. The number of alkyl halides is 3. The number of ketones is 1. The second-order valence-corrected chi connectivity index (χ2v) is 4.85. The topological polar surface area (TPSA) is 52.3 Å². The number of anilines is 1. The fraction of sp³-hybridized carbons (Fsp3) is 0.133. The number of carbonyl (C=O) groups excluding carboxylic acids is 1. The Morgan fingerprint density at radius 1 is 1.18 bits per heavy atom. The molecule has 2 rings (SSSR count). The van der Waals surface area contributed by atoms with E-state index in [-0.39, 0.29) is 21.8 Å². The Balaban J connectivity index is 2.58. The lowest BCUT2D eigenvalue weighted by Gasteiger charge is -2.15. The Hall–Kier alpha value is -2.21. The summed E-state index contributed by atoms with van der Waals surface area (Å²) in [5.74, 6) is -1.05. The van der Waals surface area contributed by atoms with Gasteiger partial charge in [0.25, 0.3) is 0 Å². The molecule has 0 unspecified atom stereocenters. The van der Waals surface area contributed by atoms with Crippen LogP contribution in [0.1, 0.15) is 21.5 Å². The first-order valence-corrected chi connectivity index (χ1v) is 6.47. The number of carbonyl (C=O) groups is 1. The van der Waals surface area contributed by atoms with Gasteiger partial charge in [0.1, 0.15) is 5.75 Å². The van der Waals surface area contributed by atoms with Crippen molar-refractivity contribution in [2.45, 2.75) is 6.18 Å². The molecule has 2 N–H and O–H groups in total. The maximum atomic E-state index is 12.9. The standard InChI is InChI=1S/C15H11ClF3NO2/c1-22-13-6-9(12(20)7-10(13)15(17,18)19)14(21)8-4-2-3-5-11(8)16/h2-7H,20H2,1H3. The molecule has 0 bridgehead atoms. The van der Waals surface area contributed by atoms with E-state index in [1.165, 1.54) is 12.1 Å². The second-order valence-electron chi connectivity index (χ2n) is 4.45. The Morgan fingerprint density at radius 2 is 1.82 bits per heavy atom. The van der Waals surface area contributed by atoms with E-state index in [1.54, 1.807) is 12.1 Å². The SMILES string of the molecule is COc1cc(C(=O)c2ccccc2Cl)c(N)cc1C(F)(F)F. The smallest absolute Gasteiger partial charge is 0.420 e. The lowest BCUT2D eigenvalue weighted by atomic mass is 9.99. The van der Waals surface area contributed by atoms with Gasteiger partial charge < -0.3 is 10.5 Å². The third-order valence-corrected chi connectivity index (χ3v) is 3.37. The van der Waals surface area contributed by atoms with E-state index in [4.69, 9.17) is 22.1 Å². The first-order chi connectivity index (χ1) is 10.3. The van der Waals surface area contributed by atoms with E-state index in [0.29, 0.717) is 6.07 Å². The number of methoxy groups -OCH3 is 1. The normalized spacial score (nSPS) is 11.3. The Kier molecular flexibility index (Phi) is 4.32. The van der Waals surface area contributed by atoms with Crippen molar-refractivity contribution >= 4 is 23.1 Å². The van der Waals surface area contributed by atoms with Gasteiger partial charge in [-0.1, -0.05) is 23.7 Å². The zero-order valence-electron chi connectivity index (χ0n) is 11.4. The van der Waals surface area contributed by atoms with Gasteiger partial charge in [0.2, 0.25) is 0 Å². The number of nitrogen functional groups attached to an aromatic ring is 1. The fourth-order valence-corrected chi connectivity index (χ4v) is 2.20. The van der Waals surface area contributed by atoms with E-state index in [9.17, 15) is 18.0 Å². The number of benzene rings is 2. The largest absolute Gasteiger partial charge is 0.496 e. The van der Waals surface area contributed by atoms with E-state index >= 15 is 0 Å². The van der Waals surface area contributed by atoms with Crippen molar-refractivity contribution < 1.29 is 22.7 Å². The summed E-state index contributed by atoms with van der Waals surface area (Å²) < 4.78 is 43.4. The summed E-state index contributed by atoms with van der Waals surface area (Å²) >= 11 is 5.93. The molecule has 0 aliphatic carbocycles. The molecule has 0 fully saturated rings. The number of nitrogens with two attached hydrogens (primary N) is 1. The number of hydrogen-bond donors (Lipinski definition) is 1. The van der Waals surface area contributed by atoms with E-state index in [1.807, 2.05) is 0 Å². The predicted molar refractivity (Wildman–Crippen MR) is 77.3 cm³/mol. The highest BCUT2D eigenvalue weighted by atomic mass is 35.5. The van der Waals surface area contributed by atoms with Crippen LogP contribution in [0.15, 0.2) is 36.4 Å². The van der Waals surface area contributed by atoms with Gasteiger partial charge in [0.15, 0.2) is 5.78 Å². The zero-order valence-corrected chi connectivity index (χ0v) is 12.1. The maximum Gasteiger partial charge on any atom is 0.420 e. The minimum Gasteiger partial charge on any atom is -0.496 e. The Bertz CT molecular complexity index is 729. The molecule has 0 spiro atoms. The molecule has 0 saturated carbocycles. The third-order valence-electron chi connectivity index (χ3n) is 3.04. The van der Waals surface area contributed by atoms with Crippen LogP contribution in [0.4, 0.5) is 18.9 Å². The first kappa shape index (κ1) is 16.2. The second kappa shape index (κ2) is 5.88. The van der Waals surface area contributed by atoms with Gasteiger partial charge in [-0.05, 0) is 24.3 Å². The maximum absolute atomic E-state index is 12.9. The highest BCUT2D eigenvalue weighted by molar-refractivity contribution is 6.35. The van der Waals surface area contributed by atoms with Crippen molar-refractivity contribution in [2.24, 2.45) is 0 Å². The predicted octanol–water partition coefficient (Wildman–Crippen LogP) is 4.18. The molecule has 2 aromatic rings. The quantitative estimate of drug-likeness (QED) is 0.679. The molecule has 0 saturated heterocycles. The van der Waals surface area contributed by atoms with Crippen molar-refractivity contribution in [1.29, 1.82) is 0 Å². The molecule has 2 aromatic carbocycles. The van der Waals surface area contributed by atoms with Crippen LogP contribution in [0, 0.1) is 0 Å². The van der Waals surface area contributed by atoms with Gasteiger partial charge in [-0.3, -0.25) is 4.79 Å². The van der Waals surface area contributed by atoms with Crippen molar-refractivity contribution in [1.82, 2.24) is 0 Å². The first-order valence-electron chi connectivity index (χ1n) is 6.09. The average molecular weight is 330 g/mol. The van der Waals surface area contributed by atoms with E-state index in [2.05, 4.69) is 0 Å². The lowest BCUT2D eigenvalue weighted by Crippen LogP contribution is -2.12. The van der Waals surface area contributed by atoms with Gasteiger partial charge in [0.05, 0.1) is 17.7 Å². The molecular formula is C15H11ClF3NO2. The van der Waals surface area contributed by atoms with Gasteiger partial charge in [-0.15, -0.1) is 0 Å².